The minimum atomic E-state index is -1.43. The topological polar surface area (TPSA) is 147 Å². The molecule has 0 aromatic heterocycles. The highest BCUT2D eigenvalue weighted by Crippen LogP contribution is 2.49. The first-order chi connectivity index (χ1) is 13.7. The van der Waals surface area contributed by atoms with E-state index in [0.717, 1.165) is 23.1 Å². The molecule has 2 aliphatic rings. The zero-order valence-electron chi connectivity index (χ0n) is 14.6. The molecule has 4 atom stereocenters. The molecule has 0 radical (unpaired) electrons. The summed E-state index contributed by atoms with van der Waals surface area (Å²) in [5, 5.41) is 41.7. The summed E-state index contributed by atoms with van der Waals surface area (Å²) in [5.41, 5.74) is 0.0534. The number of carbonyl (C=O) groups excluding carboxylic acids is 2. The molecule has 10 heteroatoms. The first-order valence-electron chi connectivity index (χ1n) is 8.58. The number of hydrogen-bond donors (Lipinski definition) is 5. The van der Waals surface area contributed by atoms with Gasteiger partial charge in [-0.2, -0.15) is 0 Å². The van der Waals surface area contributed by atoms with Gasteiger partial charge < -0.3 is 20.4 Å². The number of aromatic hydroxyl groups is 3. The van der Waals surface area contributed by atoms with Gasteiger partial charge in [-0.25, -0.2) is 9.29 Å². The number of anilines is 1. The molecule has 2 saturated heterocycles. The number of fused-ring (bicyclic) bond motifs is 1. The number of carboxylic acids is 1. The van der Waals surface area contributed by atoms with Gasteiger partial charge in [0.25, 0.3) is 0 Å². The van der Waals surface area contributed by atoms with Crippen LogP contribution in [0, 0.1) is 17.7 Å². The lowest BCUT2D eigenvalue weighted by Gasteiger charge is -2.22. The van der Waals surface area contributed by atoms with E-state index in [1.807, 2.05) is 0 Å². The molecule has 2 heterocycles. The number of hydrogen-bond acceptors (Lipinski definition) is 7. The summed E-state index contributed by atoms with van der Waals surface area (Å²) in [6.07, 6.45) is 0. The van der Waals surface area contributed by atoms with Crippen molar-refractivity contribution in [1.29, 1.82) is 0 Å². The molecule has 29 heavy (non-hydrogen) atoms. The van der Waals surface area contributed by atoms with Crippen molar-refractivity contribution < 1.29 is 39.2 Å². The Morgan fingerprint density at radius 2 is 1.55 bits per heavy atom. The molecule has 2 amide bonds. The summed E-state index contributed by atoms with van der Waals surface area (Å²) in [5.74, 6) is -8.05. The van der Waals surface area contributed by atoms with E-state index >= 15 is 0 Å². The van der Waals surface area contributed by atoms with Gasteiger partial charge in [0.05, 0.1) is 17.5 Å². The molecule has 4 rings (SSSR count). The maximum Gasteiger partial charge on any atom is 0.321 e. The summed E-state index contributed by atoms with van der Waals surface area (Å²) in [7, 11) is 0. The normalized spacial score (nSPS) is 26.0. The number of imide groups is 1. The summed E-state index contributed by atoms with van der Waals surface area (Å²) in [6.45, 7) is 0. The van der Waals surface area contributed by atoms with Crippen molar-refractivity contribution in [3.8, 4) is 17.2 Å². The molecule has 150 valence electrons. The van der Waals surface area contributed by atoms with Gasteiger partial charge in [0.15, 0.2) is 11.5 Å². The number of benzene rings is 2. The number of carbonyl (C=O) groups is 3. The van der Waals surface area contributed by atoms with Crippen LogP contribution in [0.5, 0.6) is 17.2 Å². The molecule has 2 aromatic carbocycles. The highest BCUT2D eigenvalue weighted by molar-refractivity contribution is 6.23. The molecule has 0 aliphatic carbocycles. The van der Waals surface area contributed by atoms with Crippen LogP contribution in [0.4, 0.5) is 10.1 Å². The van der Waals surface area contributed by atoms with Crippen LogP contribution in [0.3, 0.4) is 0 Å². The van der Waals surface area contributed by atoms with E-state index in [1.165, 1.54) is 18.2 Å². The lowest BCUT2D eigenvalue weighted by atomic mass is 9.86. The lowest BCUT2D eigenvalue weighted by Crippen LogP contribution is -2.43. The monoisotopic (exact) mass is 402 g/mol. The zero-order valence-corrected chi connectivity index (χ0v) is 14.6. The van der Waals surface area contributed by atoms with Gasteiger partial charge in [-0.1, -0.05) is 0 Å². The van der Waals surface area contributed by atoms with E-state index in [9.17, 15) is 39.2 Å². The molecular formula is C19H15FN2O7. The van der Waals surface area contributed by atoms with Gasteiger partial charge in [-0.05, 0) is 36.4 Å². The van der Waals surface area contributed by atoms with Crippen LogP contribution in [0.1, 0.15) is 11.6 Å². The van der Waals surface area contributed by atoms with Crippen LogP contribution >= 0.6 is 0 Å². The third-order valence-corrected chi connectivity index (χ3v) is 5.32. The second-order valence-electron chi connectivity index (χ2n) is 6.87. The Balaban J connectivity index is 1.81. The molecule has 2 fully saturated rings. The van der Waals surface area contributed by atoms with Gasteiger partial charge in [-0.15, -0.1) is 0 Å². The molecule has 5 N–H and O–H groups in total. The predicted molar refractivity (Wildman–Crippen MR) is 94.6 cm³/mol. The maximum absolute atomic E-state index is 13.2. The third-order valence-electron chi connectivity index (χ3n) is 5.32. The first kappa shape index (κ1) is 18.7. The van der Waals surface area contributed by atoms with Crippen LogP contribution in [0.2, 0.25) is 0 Å². The van der Waals surface area contributed by atoms with Crippen LogP contribution < -0.4 is 10.2 Å². The second kappa shape index (κ2) is 6.45. The molecule has 0 saturated carbocycles. The Hall–Kier alpha value is -3.66. The number of nitrogens with one attached hydrogen (secondary N) is 1. The van der Waals surface area contributed by atoms with Crippen molar-refractivity contribution in [1.82, 2.24) is 5.32 Å². The second-order valence-corrected chi connectivity index (χ2v) is 6.87. The minimum Gasteiger partial charge on any atom is -0.504 e. The smallest absolute Gasteiger partial charge is 0.321 e. The van der Waals surface area contributed by atoms with Gasteiger partial charge in [0, 0.05) is 11.6 Å². The van der Waals surface area contributed by atoms with Gasteiger partial charge >= 0.3 is 5.97 Å². The SMILES string of the molecule is O=C(O)[C@@H]1N[C@H](c2ccc(O)c(O)c2O)[C@@H]2C(=O)N(c3ccc(F)cc3)C(=O)[C@H]21. The Labute approximate surface area is 162 Å². The largest absolute Gasteiger partial charge is 0.504 e. The summed E-state index contributed by atoms with van der Waals surface area (Å²) in [6, 6.07) is 4.35. The molecule has 9 nitrogen and oxygen atoms in total. The van der Waals surface area contributed by atoms with E-state index < -0.39 is 64.8 Å². The third kappa shape index (κ3) is 2.68. The van der Waals surface area contributed by atoms with E-state index in [2.05, 4.69) is 5.32 Å². The molecule has 2 aliphatic heterocycles. The Kier molecular flexibility index (Phi) is 4.16. The van der Waals surface area contributed by atoms with Crippen LogP contribution in [-0.4, -0.2) is 44.3 Å². The molecule has 0 spiro atoms. The molecular weight excluding hydrogens is 387 g/mol. The quantitative estimate of drug-likeness (QED) is 0.375. The summed E-state index contributed by atoms with van der Waals surface area (Å²) >= 11 is 0. The summed E-state index contributed by atoms with van der Waals surface area (Å²) in [4.78, 5) is 38.5. The number of halogens is 1. The van der Waals surface area contributed by atoms with Crippen molar-refractivity contribution >= 4 is 23.5 Å². The highest BCUT2D eigenvalue weighted by atomic mass is 19.1. The van der Waals surface area contributed by atoms with Crippen LogP contribution in [0.15, 0.2) is 36.4 Å². The number of nitrogens with zero attached hydrogens (tertiary/aromatic N) is 1. The van der Waals surface area contributed by atoms with Crippen LogP contribution in [0.25, 0.3) is 0 Å². The zero-order chi connectivity index (χ0) is 21.0. The number of rotatable bonds is 3. The highest BCUT2D eigenvalue weighted by Gasteiger charge is 2.61. The lowest BCUT2D eigenvalue weighted by molar-refractivity contribution is -0.142. The van der Waals surface area contributed by atoms with Crippen molar-refractivity contribution in [3.63, 3.8) is 0 Å². The first-order valence-corrected chi connectivity index (χ1v) is 8.58. The Morgan fingerprint density at radius 3 is 2.17 bits per heavy atom. The maximum atomic E-state index is 13.2. The minimum absolute atomic E-state index is 0.0406. The standard InChI is InChI=1S/C19H15FN2O7/c20-7-1-3-8(4-2-7)22-17(26)11-12(18(22)27)14(19(28)29)21-13(11)9-5-6-10(23)16(25)15(9)24/h1-6,11-14,21,23-25H,(H,28,29)/t11-,12-,13-,14-/m1/s1. The molecule has 2 aromatic rings. The number of carboxylic acid groups (broad SMARTS) is 1. The fourth-order valence-electron chi connectivity index (χ4n) is 4.00. The number of aliphatic carboxylic acids is 1. The van der Waals surface area contributed by atoms with Gasteiger partial charge in [-0.3, -0.25) is 19.7 Å². The number of amides is 2. The Morgan fingerprint density at radius 1 is 0.931 bits per heavy atom. The van der Waals surface area contributed by atoms with E-state index in [4.69, 9.17) is 0 Å². The molecule has 0 bridgehead atoms. The van der Waals surface area contributed by atoms with Gasteiger partial charge in [0.2, 0.25) is 17.6 Å². The van der Waals surface area contributed by atoms with E-state index in [0.29, 0.717) is 0 Å². The number of phenols is 3. The van der Waals surface area contributed by atoms with Gasteiger partial charge in [0.1, 0.15) is 11.9 Å². The fourth-order valence-corrected chi connectivity index (χ4v) is 4.00. The Bertz CT molecular complexity index is 1040. The van der Waals surface area contributed by atoms with Crippen molar-refractivity contribution in [3.05, 3.63) is 47.8 Å². The van der Waals surface area contributed by atoms with E-state index in [1.54, 1.807) is 0 Å². The van der Waals surface area contributed by atoms with Crippen LogP contribution in [-0.2, 0) is 14.4 Å². The fraction of sp³-hybridized carbons (Fsp3) is 0.211. The van der Waals surface area contributed by atoms with Crippen molar-refractivity contribution in [2.45, 2.75) is 12.1 Å². The van der Waals surface area contributed by atoms with E-state index in [-0.39, 0.29) is 11.3 Å². The van der Waals surface area contributed by atoms with Crippen molar-refractivity contribution in [2.24, 2.45) is 11.8 Å². The number of phenolic OH excluding ortho intramolecular Hbond substituents is 3. The van der Waals surface area contributed by atoms with Crippen molar-refractivity contribution in [2.75, 3.05) is 4.90 Å². The predicted octanol–water partition coefficient (Wildman–Crippen LogP) is 0.846. The average molecular weight is 402 g/mol. The average Bonchev–Trinajstić information content (AvgIpc) is 3.19. The summed E-state index contributed by atoms with van der Waals surface area (Å²) < 4.78 is 13.2. The molecule has 0 unspecified atom stereocenters.